The summed E-state index contributed by atoms with van der Waals surface area (Å²) in [5.74, 6) is 0.886. The van der Waals surface area contributed by atoms with Crippen molar-refractivity contribution in [1.29, 1.82) is 0 Å². The molecule has 0 aliphatic heterocycles. The Bertz CT molecular complexity index is 410. The molecule has 100 valence electrons. The van der Waals surface area contributed by atoms with Crippen molar-refractivity contribution in [2.45, 2.75) is 52.0 Å². The van der Waals surface area contributed by atoms with Crippen molar-refractivity contribution in [2.24, 2.45) is 5.92 Å². The summed E-state index contributed by atoms with van der Waals surface area (Å²) in [6, 6.07) is 2.34. The molecule has 1 aliphatic rings. The minimum atomic E-state index is 0.0931. The average Bonchev–Trinajstić information content (AvgIpc) is 2.70. The number of hydrogen-bond acceptors (Lipinski definition) is 2. The summed E-state index contributed by atoms with van der Waals surface area (Å²) < 4.78 is 1.06. The van der Waals surface area contributed by atoms with E-state index in [2.05, 4.69) is 28.2 Å². The van der Waals surface area contributed by atoms with Gasteiger partial charge in [0, 0.05) is 6.04 Å². The Morgan fingerprint density at radius 1 is 1.56 bits per heavy atom. The Morgan fingerprint density at radius 3 is 2.94 bits per heavy atom. The molecule has 0 radical (unpaired) electrons. The van der Waals surface area contributed by atoms with E-state index in [1.165, 1.54) is 30.6 Å². The number of amides is 1. The molecule has 1 N–H and O–H groups in total. The molecule has 2 unspecified atom stereocenters. The predicted molar refractivity (Wildman–Crippen MR) is 80.3 cm³/mol. The van der Waals surface area contributed by atoms with Gasteiger partial charge in [-0.25, -0.2) is 0 Å². The topological polar surface area (TPSA) is 29.1 Å². The average molecular weight is 330 g/mol. The fourth-order valence-corrected chi connectivity index (χ4v) is 4.06. The third-order valence-corrected chi connectivity index (χ3v) is 5.91. The smallest absolute Gasteiger partial charge is 0.261 e. The molecule has 0 aromatic carbocycles. The first-order chi connectivity index (χ1) is 8.60. The molecule has 2 atom stereocenters. The molecule has 0 bridgehead atoms. The zero-order valence-electron chi connectivity index (χ0n) is 11.0. The van der Waals surface area contributed by atoms with Crippen LogP contribution in [-0.2, 0) is 0 Å². The molecule has 0 saturated heterocycles. The summed E-state index contributed by atoms with van der Waals surface area (Å²) in [5, 5.41) is 3.19. The van der Waals surface area contributed by atoms with Crippen LogP contribution >= 0.6 is 27.3 Å². The predicted octanol–water partition coefficient (Wildman–Crippen LogP) is 4.52. The second-order valence-corrected chi connectivity index (χ2v) is 7.55. The van der Waals surface area contributed by atoms with Gasteiger partial charge in [0.25, 0.3) is 5.91 Å². The highest BCUT2D eigenvalue weighted by Crippen LogP contribution is 2.29. The van der Waals surface area contributed by atoms with Gasteiger partial charge in [0.05, 0.1) is 8.66 Å². The van der Waals surface area contributed by atoms with Gasteiger partial charge < -0.3 is 5.32 Å². The van der Waals surface area contributed by atoms with E-state index >= 15 is 0 Å². The lowest BCUT2D eigenvalue weighted by Gasteiger charge is -2.28. The first kappa shape index (κ1) is 14.1. The molecular formula is C14H20BrNOS. The maximum atomic E-state index is 12.2. The highest BCUT2D eigenvalue weighted by molar-refractivity contribution is 9.11. The van der Waals surface area contributed by atoms with Crippen LogP contribution in [0.2, 0.25) is 0 Å². The lowest BCUT2D eigenvalue weighted by atomic mass is 9.84. The van der Waals surface area contributed by atoms with Gasteiger partial charge in [0.2, 0.25) is 0 Å². The fraction of sp³-hybridized carbons (Fsp3) is 0.643. The highest BCUT2D eigenvalue weighted by Gasteiger charge is 2.23. The van der Waals surface area contributed by atoms with E-state index in [-0.39, 0.29) is 5.91 Å². The van der Waals surface area contributed by atoms with Crippen LogP contribution < -0.4 is 5.32 Å². The number of carbonyl (C=O) groups is 1. The molecule has 1 aromatic heterocycles. The van der Waals surface area contributed by atoms with E-state index in [1.54, 1.807) is 0 Å². The summed E-state index contributed by atoms with van der Waals surface area (Å²) in [6.45, 7) is 4.26. The normalized spacial score (nSPS) is 23.9. The van der Waals surface area contributed by atoms with Crippen LogP contribution in [0, 0.1) is 12.8 Å². The van der Waals surface area contributed by atoms with Crippen LogP contribution in [0.5, 0.6) is 0 Å². The second-order valence-electron chi connectivity index (χ2n) is 5.18. The van der Waals surface area contributed by atoms with Gasteiger partial charge in [-0.05, 0) is 53.2 Å². The number of nitrogens with one attached hydrogen (secondary N) is 1. The third kappa shape index (κ3) is 3.35. The van der Waals surface area contributed by atoms with Crippen molar-refractivity contribution in [1.82, 2.24) is 5.32 Å². The lowest BCUT2D eigenvalue weighted by Crippen LogP contribution is -2.38. The standard InChI is InChI=1S/C14H20BrNOS/c1-3-10-5-4-6-11(8-10)16-14(17)12-7-9(2)13(15)18-12/h7,10-11H,3-6,8H2,1-2H3,(H,16,17). The minimum absolute atomic E-state index is 0.0931. The van der Waals surface area contributed by atoms with Crippen molar-refractivity contribution in [3.8, 4) is 0 Å². The van der Waals surface area contributed by atoms with Crippen LogP contribution in [0.1, 0.15) is 54.3 Å². The van der Waals surface area contributed by atoms with Crippen molar-refractivity contribution in [3.05, 3.63) is 20.3 Å². The number of carbonyl (C=O) groups excluding carboxylic acids is 1. The Balaban J connectivity index is 1.94. The zero-order chi connectivity index (χ0) is 13.1. The Morgan fingerprint density at radius 2 is 2.33 bits per heavy atom. The number of hydrogen-bond donors (Lipinski definition) is 1. The van der Waals surface area contributed by atoms with Gasteiger partial charge in [-0.1, -0.05) is 26.2 Å². The van der Waals surface area contributed by atoms with E-state index in [4.69, 9.17) is 0 Å². The van der Waals surface area contributed by atoms with Crippen LogP contribution in [0.15, 0.2) is 9.85 Å². The maximum absolute atomic E-state index is 12.2. The number of rotatable bonds is 3. The Hall–Kier alpha value is -0.350. The van der Waals surface area contributed by atoms with Gasteiger partial charge in [-0.3, -0.25) is 4.79 Å². The molecule has 2 nitrogen and oxygen atoms in total. The molecule has 18 heavy (non-hydrogen) atoms. The van der Waals surface area contributed by atoms with Crippen molar-refractivity contribution >= 4 is 33.2 Å². The summed E-state index contributed by atoms with van der Waals surface area (Å²) in [7, 11) is 0. The molecule has 4 heteroatoms. The summed E-state index contributed by atoms with van der Waals surface area (Å²) >= 11 is 4.99. The zero-order valence-corrected chi connectivity index (χ0v) is 13.4. The quantitative estimate of drug-likeness (QED) is 0.867. The van der Waals surface area contributed by atoms with Gasteiger partial charge in [0.1, 0.15) is 0 Å². The largest absolute Gasteiger partial charge is 0.349 e. The first-order valence-electron chi connectivity index (χ1n) is 6.67. The van der Waals surface area contributed by atoms with E-state index in [1.807, 2.05) is 13.0 Å². The minimum Gasteiger partial charge on any atom is -0.349 e. The van der Waals surface area contributed by atoms with Gasteiger partial charge in [-0.2, -0.15) is 0 Å². The summed E-state index contributed by atoms with van der Waals surface area (Å²) in [6.07, 6.45) is 6.08. The number of aryl methyl sites for hydroxylation is 1. The van der Waals surface area contributed by atoms with Gasteiger partial charge >= 0.3 is 0 Å². The Kier molecular flexibility index (Phi) is 4.84. The Labute approximate surface area is 121 Å². The maximum Gasteiger partial charge on any atom is 0.261 e. The van der Waals surface area contributed by atoms with E-state index in [0.717, 1.165) is 33.0 Å². The molecule has 1 amide bonds. The molecule has 1 heterocycles. The van der Waals surface area contributed by atoms with Crippen LogP contribution in [0.25, 0.3) is 0 Å². The highest BCUT2D eigenvalue weighted by atomic mass is 79.9. The molecule has 1 aromatic rings. The lowest BCUT2D eigenvalue weighted by molar-refractivity contribution is 0.0923. The van der Waals surface area contributed by atoms with E-state index < -0.39 is 0 Å². The fourth-order valence-electron chi connectivity index (χ4n) is 2.62. The van der Waals surface area contributed by atoms with Crippen LogP contribution in [-0.4, -0.2) is 11.9 Å². The van der Waals surface area contributed by atoms with Crippen molar-refractivity contribution < 1.29 is 4.79 Å². The van der Waals surface area contributed by atoms with Crippen molar-refractivity contribution in [2.75, 3.05) is 0 Å². The molecule has 2 rings (SSSR count). The number of halogens is 1. The molecule has 1 aliphatic carbocycles. The van der Waals surface area contributed by atoms with Gasteiger partial charge in [-0.15, -0.1) is 11.3 Å². The second kappa shape index (κ2) is 6.20. The third-order valence-electron chi connectivity index (χ3n) is 3.78. The van der Waals surface area contributed by atoms with Crippen molar-refractivity contribution in [3.63, 3.8) is 0 Å². The van der Waals surface area contributed by atoms with Crippen LogP contribution in [0.3, 0.4) is 0 Å². The van der Waals surface area contributed by atoms with E-state index in [9.17, 15) is 4.79 Å². The summed E-state index contributed by atoms with van der Waals surface area (Å²) in [5.41, 5.74) is 1.14. The summed E-state index contributed by atoms with van der Waals surface area (Å²) in [4.78, 5) is 13.0. The molecular weight excluding hydrogens is 310 g/mol. The molecule has 1 saturated carbocycles. The SMILES string of the molecule is CCC1CCCC(NC(=O)c2cc(C)c(Br)s2)C1. The van der Waals surface area contributed by atoms with E-state index in [0.29, 0.717) is 6.04 Å². The number of thiophene rings is 1. The van der Waals surface area contributed by atoms with Gasteiger partial charge in [0.15, 0.2) is 0 Å². The molecule has 1 fully saturated rings. The monoisotopic (exact) mass is 329 g/mol. The first-order valence-corrected chi connectivity index (χ1v) is 8.28. The van der Waals surface area contributed by atoms with Crippen LogP contribution in [0.4, 0.5) is 0 Å². The molecule has 0 spiro atoms.